The number of anilines is 1. The van der Waals surface area contributed by atoms with Crippen LogP contribution in [0.2, 0.25) is 0 Å². The van der Waals surface area contributed by atoms with E-state index in [1.165, 1.54) is 12.3 Å². The summed E-state index contributed by atoms with van der Waals surface area (Å²) in [4.78, 5) is 14.8. The fourth-order valence-electron chi connectivity index (χ4n) is 1.23. The van der Waals surface area contributed by atoms with Crippen molar-refractivity contribution in [3.05, 3.63) is 23.9 Å². The number of nitrogens with zero attached hydrogens (tertiary/aromatic N) is 1. The van der Waals surface area contributed by atoms with E-state index in [2.05, 4.69) is 31.1 Å². The third kappa shape index (κ3) is 4.29. The van der Waals surface area contributed by atoms with Crippen LogP contribution in [0.1, 0.15) is 37.6 Å². The minimum absolute atomic E-state index is 0.258. The molecule has 0 spiro atoms. The second-order valence-corrected chi connectivity index (χ2v) is 4.97. The van der Waals surface area contributed by atoms with E-state index in [9.17, 15) is 4.79 Å². The Balaban J connectivity index is 2.55. The van der Waals surface area contributed by atoms with Crippen molar-refractivity contribution in [2.45, 2.75) is 27.2 Å². The summed E-state index contributed by atoms with van der Waals surface area (Å²) in [5, 5.41) is 11.9. The van der Waals surface area contributed by atoms with E-state index in [1.54, 1.807) is 6.07 Å². The maximum Gasteiger partial charge on any atom is 0.335 e. The molecule has 2 N–H and O–H groups in total. The highest BCUT2D eigenvalue weighted by Crippen LogP contribution is 2.18. The Labute approximate surface area is 95.7 Å². The Hall–Kier alpha value is -1.58. The molecule has 0 aliphatic rings. The van der Waals surface area contributed by atoms with Gasteiger partial charge in [-0.2, -0.15) is 0 Å². The predicted octanol–water partition coefficient (Wildman–Crippen LogP) is 2.63. The van der Waals surface area contributed by atoms with Crippen molar-refractivity contribution in [3.63, 3.8) is 0 Å². The fraction of sp³-hybridized carbons (Fsp3) is 0.500. The summed E-state index contributed by atoms with van der Waals surface area (Å²) in [6, 6.07) is 3.03. The number of aromatic nitrogens is 1. The first-order chi connectivity index (χ1) is 7.38. The second kappa shape index (κ2) is 4.96. The molecule has 4 heteroatoms. The highest BCUT2D eigenvalue weighted by atomic mass is 16.4. The van der Waals surface area contributed by atoms with Crippen LogP contribution in [0.4, 0.5) is 5.82 Å². The first-order valence-corrected chi connectivity index (χ1v) is 5.32. The van der Waals surface area contributed by atoms with E-state index in [0.717, 1.165) is 13.0 Å². The molecule has 0 unspecified atom stereocenters. The van der Waals surface area contributed by atoms with Crippen LogP contribution in [-0.2, 0) is 0 Å². The van der Waals surface area contributed by atoms with Crippen LogP contribution in [0.3, 0.4) is 0 Å². The molecule has 0 aliphatic carbocycles. The average Bonchev–Trinajstić information content (AvgIpc) is 2.16. The highest BCUT2D eigenvalue weighted by molar-refractivity contribution is 5.88. The molecule has 0 bridgehead atoms. The van der Waals surface area contributed by atoms with E-state index in [4.69, 9.17) is 5.11 Å². The van der Waals surface area contributed by atoms with Crippen LogP contribution in [0.15, 0.2) is 18.3 Å². The molecule has 0 aromatic carbocycles. The lowest BCUT2D eigenvalue weighted by molar-refractivity contribution is 0.0697. The number of carbonyl (C=O) groups is 1. The van der Waals surface area contributed by atoms with Gasteiger partial charge in [0.1, 0.15) is 5.82 Å². The summed E-state index contributed by atoms with van der Waals surface area (Å²) in [6.07, 6.45) is 2.51. The number of carboxylic acids is 1. The number of carboxylic acid groups (broad SMARTS) is 1. The zero-order chi connectivity index (χ0) is 12.2. The van der Waals surface area contributed by atoms with Crippen molar-refractivity contribution in [3.8, 4) is 0 Å². The molecular weight excluding hydrogens is 204 g/mol. The summed E-state index contributed by atoms with van der Waals surface area (Å²) in [5.41, 5.74) is 0.519. The van der Waals surface area contributed by atoms with Crippen LogP contribution in [0, 0.1) is 5.41 Å². The molecule has 0 saturated heterocycles. The van der Waals surface area contributed by atoms with E-state index in [-0.39, 0.29) is 11.0 Å². The molecule has 1 rings (SSSR count). The number of pyridine rings is 1. The SMILES string of the molecule is CC(C)(C)CCNc1cc(C(=O)O)ccn1. The normalized spacial score (nSPS) is 11.2. The van der Waals surface area contributed by atoms with Gasteiger partial charge in [-0.15, -0.1) is 0 Å². The van der Waals surface area contributed by atoms with Crippen molar-refractivity contribution in [1.29, 1.82) is 0 Å². The third-order valence-electron chi connectivity index (χ3n) is 2.19. The maximum absolute atomic E-state index is 10.7. The zero-order valence-electron chi connectivity index (χ0n) is 9.95. The molecule has 0 saturated carbocycles. The van der Waals surface area contributed by atoms with Gasteiger partial charge in [0.15, 0.2) is 0 Å². The molecule has 0 fully saturated rings. The number of aromatic carboxylic acids is 1. The number of hydrogen-bond acceptors (Lipinski definition) is 3. The predicted molar refractivity (Wildman–Crippen MR) is 63.8 cm³/mol. The summed E-state index contributed by atoms with van der Waals surface area (Å²) in [7, 11) is 0. The van der Waals surface area contributed by atoms with Crippen LogP contribution in [-0.4, -0.2) is 22.6 Å². The molecule has 4 nitrogen and oxygen atoms in total. The summed E-state index contributed by atoms with van der Waals surface area (Å²) >= 11 is 0. The molecule has 88 valence electrons. The molecule has 1 aromatic rings. The van der Waals surface area contributed by atoms with Crippen LogP contribution >= 0.6 is 0 Å². The number of hydrogen-bond donors (Lipinski definition) is 2. The van der Waals surface area contributed by atoms with E-state index < -0.39 is 5.97 Å². The van der Waals surface area contributed by atoms with Crippen LogP contribution in [0.5, 0.6) is 0 Å². The van der Waals surface area contributed by atoms with Crippen molar-refractivity contribution >= 4 is 11.8 Å². The molecule has 0 radical (unpaired) electrons. The minimum atomic E-state index is -0.929. The molecule has 0 amide bonds. The van der Waals surface area contributed by atoms with Gasteiger partial charge in [0.25, 0.3) is 0 Å². The zero-order valence-corrected chi connectivity index (χ0v) is 9.95. The molecule has 0 atom stereocenters. The summed E-state index contributed by atoms with van der Waals surface area (Å²) in [6.45, 7) is 7.28. The second-order valence-electron chi connectivity index (χ2n) is 4.97. The Morgan fingerprint density at radius 2 is 2.19 bits per heavy atom. The average molecular weight is 222 g/mol. The molecule has 0 aliphatic heterocycles. The van der Waals surface area contributed by atoms with Gasteiger partial charge in [0.2, 0.25) is 0 Å². The monoisotopic (exact) mass is 222 g/mol. The van der Waals surface area contributed by atoms with E-state index in [0.29, 0.717) is 5.82 Å². The van der Waals surface area contributed by atoms with Gasteiger partial charge in [-0.25, -0.2) is 9.78 Å². The van der Waals surface area contributed by atoms with Gasteiger partial charge in [0.05, 0.1) is 5.56 Å². The minimum Gasteiger partial charge on any atom is -0.478 e. The van der Waals surface area contributed by atoms with Crippen molar-refractivity contribution in [2.75, 3.05) is 11.9 Å². The fourth-order valence-corrected chi connectivity index (χ4v) is 1.23. The standard InChI is InChI=1S/C12H18N2O2/c1-12(2,3)5-7-14-10-8-9(11(15)16)4-6-13-10/h4,6,8H,5,7H2,1-3H3,(H,13,14)(H,15,16). The molecule has 16 heavy (non-hydrogen) atoms. The lowest BCUT2D eigenvalue weighted by atomic mass is 9.92. The van der Waals surface area contributed by atoms with Gasteiger partial charge in [-0.05, 0) is 24.0 Å². The summed E-state index contributed by atoms with van der Waals surface area (Å²) < 4.78 is 0. The lowest BCUT2D eigenvalue weighted by Gasteiger charge is -2.18. The van der Waals surface area contributed by atoms with Crippen LogP contribution < -0.4 is 5.32 Å². The maximum atomic E-state index is 10.7. The number of rotatable bonds is 4. The lowest BCUT2D eigenvalue weighted by Crippen LogP contribution is -2.13. The van der Waals surface area contributed by atoms with Gasteiger partial charge >= 0.3 is 5.97 Å². The van der Waals surface area contributed by atoms with Gasteiger partial charge in [-0.3, -0.25) is 0 Å². The van der Waals surface area contributed by atoms with E-state index >= 15 is 0 Å². The Morgan fingerprint density at radius 3 is 2.75 bits per heavy atom. The Kier molecular flexibility index (Phi) is 3.88. The van der Waals surface area contributed by atoms with Gasteiger partial charge in [0, 0.05) is 12.7 Å². The van der Waals surface area contributed by atoms with Crippen molar-refractivity contribution < 1.29 is 9.90 Å². The number of nitrogens with one attached hydrogen (secondary N) is 1. The highest BCUT2D eigenvalue weighted by Gasteiger charge is 2.09. The van der Waals surface area contributed by atoms with Crippen LogP contribution in [0.25, 0.3) is 0 Å². The summed E-state index contributed by atoms with van der Waals surface area (Å²) in [5.74, 6) is -0.314. The van der Waals surface area contributed by atoms with Gasteiger partial charge in [-0.1, -0.05) is 20.8 Å². The quantitative estimate of drug-likeness (QED) is 0.822. The molecular formula is C12H18N2O2. The third-order valence-corrected chi connectivity index (χ3v) is 2.19. The Bertz CT molecular complexity index is 370. The smallest absolute Gasteiger partial charge is 0.335 e. The molecule has 1 aromatic heterocycles. The van der Waals surface area contributed by atoms with Gasteiger partial charge < -0.3 is 10.4 Å². The van der Waals surface area contributed by atoms with Crippen molar-refractivity contribution in [1.82, 2.24) is 4.98 Å². The Morgan fingerprint density at radius 1 is 1.50 bits per heavy atom. The van der Waals surface area contributed by atoms with E-state index in [1.807, 2.05) is 0 Å². The largest absolute Gasteiger partial charge is 0.478 e. The van der Waals surface area contributed by atoms with Crippen molar-refractivity contribution in [2.24, 2.45) is 5.41 Å². The topological polar surface area (TPSA) is 62.2 Å². The first kappa shape index (κ1) is 12.5. The first-order valence-electron chi connectivity index (χ1n) is 5.32. The molecule has 1 heterocycles.